The van der Waals surface area contributed by atoms with Gasteiger partial charge in [-0.15, -0.1) is 11.8 Å². The van der Waals surface area contributed by atoms with Crippen LogP contribution in [0.4, 0.5) is 0 Å². The Labute approximate surface area is 122 Å². The second kappa shape index (κ2) is 5.66. The molecule has 0 amide bonds. The minimum atomic E-state index is -0.341. The quantitative estimate of drug-likeness (QED) is 0.631. The van der Waals surface area contributed by atoms with Crippen LogP contribution >= 0.6 is 11.8 Å². The molecule has 20 heavy (non-hydrogen) atoms. The lowest BCUT2D eigenvalue weighted by Crippen LogP contribution is -2.30. The molecule has 1 aliphatic carbocycles. The molecule has 3 atom stereocenters. The van der Waals surface area contributed by atoms with Gasteiger partial charge < -0.3 is 14.2 Å². The van der Waals surface area contributed by atoms with Crippen LogP contribution in [-0.2, 0) is 9.47 Å². The van der Waals surface area contributed by atoms with Crippen molar-refractivity contribution in [2.24, 2.45) is 5.92 Å². The molecular formula is C15H18O4S. The van der Waals surface area contributed by atoms with E-state index in [1.165, 1.54) is 7.11 Å². The first-order valence-electron chi connectivity index (χ1n) is 6.76. The molecule has 1 heterocycles. The predicted molar refractivity (Wildman–Crippen MR) is 76.4 cm³/mol. The van der Waals surface area contributed by atoms with E-state index in [-0.39, 0.29) is 18.2 Å². The lowest BCUT2D eigenvalue weighted by Gasteiger charge is -2.24. The van der Waals surface area contributed by atoms with E-state index < -0.39 is 0 Å². The molecule has 4 nitrogen and oxygen atoms in total. The number of hydrogen-bond donors (Lipinski definition) is 0. The van der Waals surface area contributed by atoms with Crippen LogP contribution < -0.4 is 4.74 Å². The molecule has 108 valence electrons. The summed E-state index contributed by atoms with van der Waals surface area (Å²) in [5, 5.41) is 0. The summed E-state index contributed by atoms with van der Waals surface area (Å²) in [6.07, 6.45) is 4.44. The maximum atomic E-state index is 11.6. The number of rotatable bonds is 4. The normalized spacial score (nSPS) is 27.6. The number of ether oxygens (including phenoxy) is 3. The van der Waals surface area contributed by atoms with Crippen molar-refractivity contribution >= 4 is 17.7 Å². The van der Waals surface area contributed by atoms with E-state index in [0.29, 0.717) is 11.5 Å². The molecule has 2 aliphatic rings. The van der Waals surface area contributed by atoms with Gasteiger partial charge in [-0.3, -0.25) is 0 Å². The van der Waals surface area contributed by atoms with Gasteiger partial charge in [-0.2, -0.15) is 0 Å². The van der Waals surface area contributed by atoms with Crippen molar-refractivity contribution in [3.63, 3.8) is 0 Å². The number of carbonyl (C=O) groups excluding carboxylic acids is 1. The highest BCUT2D eigenvalue weighted by Gasteiger charge is 2.42. The predicted octanol–water partition coefficient (Wildman–Crippen LogP) is 2.75. The molecule has 2 fully saturated rings. The molecule has 0 aromatic heterocycles. The van der Waals surface area contributed by atoms with E-state index in [1.807, 2.05) is 12.3 Å². The summed E-state index contributed by atoms with van der Waals surface area (Å²) in [5.74, 6) is 1.04. The summed E-state index contributed by atoms with van der Waals surface area (Å²) in [4.78, 5) is 12.6. The average molecular weight is 294 g/mol. The maximum Gasteiger partial charge on any atom is 0.337 e. The SMILES string of the molecule is COC(=O)c1ccc(SC)c(OC2CC3COC2C3)c1. The van der Waals surface area contributed by atoms with Gasteiger partial charge in [0.15, 0.2) is 0 Å². The third-order valence-electron chi connectivity index (χ3n) is 3.96. The first-order chi connectivity index (χ1) is 9.71. The number of hydrogen-bond acceptors (Lipinski definition) is 5. The molecule has 5 heteroatoms. The molecule has 0 radical (unpaired) electrons. The van der Waals surface area contributed by atoms with Gasteiger partial charge >= 0.3 is 5.97 Å². The Bertz CT molecular complexity index is 517. The van der Waals surface area contributed by atoms with E-state index in [2.05, 4.69) is 0 Å². The fraction of sp³-hybridized carbons (Fsp3) is 0.533. The third-order valence-corrected chi connectivity index (χ3v) is 4.73. The van der Waals surface area contributed by atoms with E-state index >= 15 is 0 Å². The minimum Gasteiger partial charge on any atom is -0.487 e. The summed E-state index contributed by atoms with van der Waals surface area (Å²) in [7, 11) is 1.38. The van der Waals surface area contributed by atoms with Gasteiger partial charge in [0.1, 0.15) is 11.9 Å². The number of thioether (sulfide) groups is 1. The zero-order valence-corrected chi connectivity index (χ0v) is 12.4. The highest BCUT2D eigenvalue weighted by atomic mass is 32.2. The minimum absolute atomic E-state index is 0.104. The molecule has 0 N–H and O–H groups in total. The van der Waals surface area contributed by atoms with E-state index in [9.17, 15) is 4.79 Å². The Morgan fingerprint density at radius 1 is 1.40 bits per heavy atom. The van der Waals surface area contributed by atoms with E-state index in [1.54, 1.807) is 23.9 Å². The lowest BCUT2D eigenvalue weighted by atomic mass is 10.1. The van der Waals surface area contributed by atoms with Crippen LogP contribution in [0.5, 0.6) is 5.75 Å². The van der Waals surface area contributed by atoms with Gasteiger partial charge in [-0.05, 0) is 43.2 Å². The molecule has 1 aromatic carbocycles. The standard InChI is InChI=1S/C15H18O4S/c1-17-15(16)10-3-4-14(20-2)13(7-10)19-12-6-9-5-11(12)18-8-9/h3-4,7,9,11-12H,5-6,8H2,1-2H3. The van der Waals surface area contributed by atoms with Crippen molar-refractivity contribution < 1.29 is 19.0 Å². The summed E-state index contributed by atoms with van der Waals surface area (Å²) in [6, 6.07) is 5.44. The second-order valence-corrected chi connectivity index (χ2v) is 6.07. The maximum absolute atomic E-state index is 11.6. The molecular weight excluding hydrogens is 276 g/mol. The fourth-order valence-corrected chi connectivity index (χ4v) is 3.44. The van der Waals surface area contributed by atoms with Crippen molar-refractivity contribution in [1.82, 2.24) is 0 Å². The second-order valence-electron chi connectivity index (χ2n) is 5.22. The molecule has 1 saturated heterocycles. The smallest absolute Gasteiger partial charge is 0.337 e. The summed E-state index contributed by atoms with van der Waals surface area (Å²) in [6.45, 7) is 0.863. The van der Waals surface area contributed by atoms with E-state index in [4.69, 9.17) is 14.2 Å². The number of benzene rings is 1. The Balaban J connectivity index is 1.81. The third kappa shape index (κ3) is 2.52. The Morgan fingerprint density at radius 3 is 2.85 bits per heavy atom. The Morgan fingerprint density at radius 2 is 2.25 bits per heavy atom. The monoisotopic (exact) mass is 294 g/mol. The van der Waals surface area contributed by atoms with Crippen molar-refractivity contribution in [2.45, 2.75) is 29.9 Å². The van der Waals surface area contributed by atoms with E-state index in [0.717, 1.165) is 30.1 Å². The molecule has 1 aromatic rings. The van der Waals surface area contributed by atoms with Crippen molar-refractivity contribution in [1.29, 1.82) is 0 Å². The molecule has 2 bridgehead atoms. The Hall–Kier alpha value is -1.20. The lowest BCUT2D eigenvalue weighted by molar-refractivity contribution is -0.0119. The largest absolute Gasteiger partial charge is 0.487 e. The van der Waals surface area contributed by atoms with Gasteiger partial charge in [-0.25, -0.2) is 4.79 Å². The molecule has 0 spiro atoms. The topological polar surface area (TPSA) is 44.8 Å². The van der Waals surface area contributed by atoms with Crippen LogP contribution in [0.2, 0.25) is 0 Å². The summed E-state index contributed by atoms with van der Waals surface area (Å²) in [5.41, 5.74) is 0.518. The Kier molecular flexibility index (Phi) is 3.89. The zero-order chi connectivity index (χ0) is 14.1. The van der Waals surface area contributed by atoms with Crippen molar-refractivity contribution in [2.75, 3.05) is 20.0 Å². The fourth-order valence-electron chi connectivity index (χ4n) is 2.93. The van der Waals surface area contributed by atoms with Gasteiger partial charge in [0.2, 0.25) is 0 Å². The first-order valence-corrected chi connectivity index (χ1v) is 7.98. The summed E-state index contributed by atoms with van der Waals surface area (Å²) >= 11 is 1.61. The van der Waals surface area contributed by atoms with Gasteiger partial charge in [0, 0.05) is 4.90 Å². The van der Waals surface area contributed by atoms with Crippen LogP contribution in [0.25, 0.3) is 0 Å². The highest BCUT2D eigenvalue weighted by molar-refractivity contribution is 7.98. The summed E-state index contributed by atoms with van der Waals surface area (Å²) < 4.78 is 16.6. The van der Waals surface area contributed by atoms with Gasteiger partial charge in [0.25, 0.3) is 0 Å². The molecule has 1 saturated carbocycles. The van der Waals surface area contributed by atoms with Crippen molar-refractivity contribution in [3.05, 3.63) is 23.8 Å². The zero-order valence-electron chi connectivity index (χ0n) is 11.6. The van der Waals surface area contributed by atoms with Gasteiger partial charge in [0.05, 0.1) is 25.4 Å². The van der Waals surface area contributed by atoms with Crippen molar-refractivity contribution in [3.8, 4) is 5.75 Å². The molecule has 1 aliphatic heterocycles. The van der Waals surface area contributed by atoms with Crippen LogP contribution in [0.15, 0.2) is 23.1 Å². The molecule has 3 unspecified atom stereocenters. The first kappa shape index (κ1) is 13.8. The van der Waals surface area contributed by atoms with Crippen LogP contribution in [0.1, 0.15) is 23.2 Å². The number of fused-ring (bicyclic) bond motifs is 2. The number of methoxy groups -OCH3 is 1. The van der Waals surface area contributed by atoms with Crippen LogP contribution in [-0.4, -0.2) is 38.1 Å². The highest BCUT2D eigenvalue weighted by Crippen LogP contribution is 2.39. The molecule has 3 rings (SSSR count). The number of esters is 1. The van der Waals surface area contributed by atoms with Gasteiger partial charge in [-0.1, -0.05) is 0 Å². The average Bonchev–Trinajstić information content (AvgIpc) is 3.09. The van der Waals surface area contributed by atoms with Crippen LogP contribution in [0, 0.1) is 5.92 Å². The number of carbonyl (C=O) groups is 1. The van der Waals surface area contributed by atoms with Crippen LogP contribution in [0.3, 0.4) is 0 Å².